The minimum absolute atomic E-state index is 0.0360. The van der Waals surface area contributed by atoms with E-state index in [4.69, 9.17) is 4.74 Å². The smallest absolute Gasteiger partial charge is 0.407 e. The number of carbonyl (C=O) groups is 3. The summed E-state index contributed by atoms with van der Waals surface area (Å²) in [5, 5.41) is 23.9. The van der Waals surface area contributed by atoms with E-state index in [9.17, 15) is 24.6 Å². The lowest BCUT2D eigenvalue weighted by molar-refractivity contribution is -0.150. The van der Waals surface area contributed by atoms with Crippen LogP contribution in [0, 0.1) is 11.8 Å². The Morgan fingerprint density at radius 3 is 2.15 bits per heavy atom. The maximum Gasteiger partial charge on any atom is 0.407 e. The number of aliphatic hydroxyl groups excluding tert-OH is 1. The predicted molar refractivity (Wildman–Crippen MR) is 125 cm³/mol. The molecule has 0 radical (unpaired) electrons. The second kappa shape index (κ2) is 9.85. The molecule has 8 nitrogen and oxygen atoms in total. The molecule has 0 heterocycles. The normalized spacial score (nSPS) is 17.5. The Kier molecular flexibility index (Phi) is 6.88. The molecule has 34 heavy (non-hydrogen) atoms. The van der Waals surface area contributed by atoms with E-state index in [0.717, 1.165) is 41.5 Å². The molecule has 180 valence electrons. The molecule has 2 unspecified atom stereocenters. The standard InChI is InChI=1S/C26H30N2O6/c1-26(15-29,24(31)32)28-23(30)21(16-7-6-8-16)13-27-25(33)34-14-22-19-11-4-2-9-17(19)18-10-3-5-12-20(18)22/h2-5,9-12,16,21-22,29H,6-8,13-15H2,1H3,(H,27,33)(H,28,30)(H,31,32). The van der Waals surface area contributed by atoms with Gasteiger partial charge in [0.2, 0.25) is 5.91 Å². The molecule has 8 heteroatoms. The molecule has 0 bridgehead atoms. The lowest BCUT2D eigenvalue weighted by atomic mass is 9.75. The first kappa shape index (κ1) is 23.8. The Morgan fingerprint density at radius 2 is 1.65 bits per heavy atom. The molecule has 4 N–H and O–H groups in total. The van der Waals surface area contributed by atoms with Crippen LogP contribution in [0.15, 0.2) is 48.5 Å². The van der Waals surface area contributed by atoms with Gasteiger partial charge in [0, 0.05) is 12.5 Å². The number of amides is 2. The number of carboxylic acids is 1. The zero-order valence-electron chi connectivity index (χ0n) is 19.1. The fourth-order valence-electron chi connectivity index (χ4n) is 4.68. The number of nitrogens with one attached hydrogen (secondary N) is 2. The number of fused-ring (bicyclic) bond motifs is 3. The number of hydrogen-bond donors (Lipinski definition) is 4. The molecule has 0 saturated heterocycles. The molecule has 4 rings (SSSR count). The first-order valence-electron chi connectivity index (χ1n) is 11.6. The fourth-order valence-corrected chi connectivity index (χ4v) is 4.68. The fraction of sp³-hybridized carbons (Fsp3) is 0.423. The van der Waals surface area contributed by atoms with Crippen molar-refractivity contribution in [3.8, 4) is 11.1 Å². The minimum Gasteiger partial charge on any atom is -0.479 e. The van der Waals surface area contributed by atoms with E-state index in [-0.39, 0.29) is 25.0 Å². The molecule has 1 saturated carbocycles. The van der Waals surface area contributed by atoms with Crippen LogP contribution in [0.2, 0.25) is 0 Å². The average molecular weight is 467 g/mol. The first-order valence-corrected chi connectivity index (χ1v) is 11.6. The third kappa shape index (κ3) is 4.63. The summed E-state index contributed by atoms with van der Waals surface area (Å²) < 4.78 is 5.55. The van der Waals surface area contributed by atoms with Crippen LogP contribution >= 0.6 is 0 Å². The zero-order chi connectivity index (χ0) is 24.3. The van der Waals surface area contributed by atoms with Crippen molar-refractivity contribution in [1.82, 2.24) is 10.6 Å². The second-order valence-electron chi connectivity index (χ2n) is 9.29. The van der Waals surface area contributed by atoms with Crippen molar-refractivity contribution in [3.05, 3.63) is 59.7 Å². The van der Waals surface area contributed by atoms with Gasteiger partial charge in [-0.2, -0.15) is 0 Å². The molecule has 0 aromatic heterocycles. The maximum atomic E-state index is 12.8. The van der Waals surface area contributed by atoms with Gasteiger partial charge in [-0.05, 0) is 47.9 Å². The molecule has 2 aromatic rings. The number of carboxylic acid groups (broad SMARTS) is 1. The number of carbonyl (C=O) groups excluding carboxylic acids is 2. The summed E-state index contributed by atoms with van der Waals surface area (Å²) >= 11 is 0. The van der Waals surface area contributed by atoms with E-state index in [1.54, 1.807) is 0 Å². The van der Waals surface area contributed by atoms with Gasteiger partial charge in [0.25, 0.3) is 0 Å². The van der Waals surface area contributed by atoms with E-state index in [0.29, 0.717) is 0 Å². The predicted octanol–water partition coefficient (Wildman–Crippen LogP) is 2.89. The van der Waals surface area contributed by atoms with Gasteiger partial charge in [0.1, 0.15) is 6.61 Å². The van der Waals surface area contributed by atoms with Gasteiger partial charge in [-0.1, -0.05) is 55.0 Å². The highest BCUT2D eigenvalue weighted by molar-refractivity contribution is 5.88. The Hall–Kier alpha value is -3.39. The van der Waals surface area contributed by atoms with Crippen LogP contribution in [0.3, 0.4) is 0 Å². The van der Waals surface area contributed by atoms with Crippen molar-refractivity contribution in [1.29, 1.82) is 0 Å². The molecule has 0 spiro atoms. The summed E-state index contributed by atoms with van der Waals surface area (Å²) in [5.41, 5.74) is 2.72. The molecule has 2 amide bonds. The number of aliphatic hydroxyl groups is 1. The molecule has 0 aliphatic heterocycles. The van der Waals surface area contributed by atoms with Crippen molar-refractivity contribution in [2.24, 2.45) is 11.8 Å². The van der Waals surface area contributed by atoms with Gasteiger partial charge in [0.15, 0.2) is 5.54 Å². The molecule has 1 fully saturated rings. The third-order valence-corrected chi connectivity index (χ3v) is 7.05. The van der Waals surface area contributed by atoms with E-state index >= 15 is 0 Å². The number of alkyl carbamates (subject to hydrolysis) is 1. The van der Waals surface area contributed by atoms with Gasteiger partial charge < -0.3 is 25.6 Å². The van der Waals surface area contributed by atoms with Gasteiger partial charge in [-0.3, -0.25) is 4.79 Å². The number of hydrogen-bond acceptors (Lipinski definition) is 5. The Morgan fingerprint density at radius 1 is 1.06 bits per heavy atom. The number of benzene rings is 2. The lowest BCUT2D eigenvalue weighted by Crippen LogP contribution is -2.58. The summed E-state index contributed by atoms with van der Waals surface area (Å²) in [6.45, 7) is 0.728. The molecule has 2 aliphatic rings. The van der Waals surface area contributed by atoms with Crippen LogP contribution in [0.1, 0.15) is 43.2 Å². The van der Waals surface area contributed by atoms with E-state index in [1.165, 1.54) is 6.92 Å². The van der Waals surface area contributed by atoms with Gasteiger partial charge in [-0.15, -0.1) is 0 Å². The topological polar surface area (TPSA) is 125 Å². The molecule has 2 aliphatic carbocycles. The zero-order valence-corrected chi connectivity index (χ0v) is 19.1. The van der Waals surface area contributed by atoms with Gasteiger partial charge in [-0.25, -0.2) is 9.59 Å². The number of ether oxygens (including phenoxy) is 1. The summed E-state index contributed by atoms with van der Waals surface area (Å²) in [4.78, 5) is 36.8. The minimum atomic E-state index is -1.77. The van der Waals surface area contributed by atoms with Gasteiger partial charge in [0.05, 0.1) is 12.5 Å². The molecule has 2 aromatic carbocycles. The lowest BCUT2D eigenvalue weighted by Gasteiger charge is -2.35. The van der Waals surface area contributed by atoms with Crippen LogP contribution in [0.5, 0.6) is 0 Å². The molecular formula is C26H30N2O6. The van der Waals surface area contributed by atoms with Crippen molar-refractivity contribution in [2.45, 2.75) is 37.6 Å². The van der Waals surface area contributed by atoms with Crippen LogP contribution in [0.25, 0.3) is 11.1 Å². The van der Waals surface area contributed by atoms with Crippen molar-refractivity contribution in [2.75, 3.05) is 19.8 Å². The van der Waals surface area contributed by atoms with Crippen molar-refractivity contribution < 1.29 is 29.3 Å². The monoisotopic (exact) mass is 466 g/mol. The Bertz CT molecular complexity index is 1040. The molecular weight excluding hydrogens is 436 g/mol. The maximum absolute atomic E-state index is 12.8. The number of rotatable bonds is 9. The highest BCUT2D eigenvalue weighted by Crippen LogP contribution is 2.44. The quantitative estimate of drug-likeness (QED) is 0.450. The highest BCUT2D eigenvalue weighted by atomic mass is 16.5. The summed E-state index contributed by atoms with van der Waals surface area (Å²) in [6, 6.07) is 16.1. The van der Waals surface area contributed by atoms with Gasteiger partial charge >= 0.3 is 12.1 Å². The highest BCUT2D eigenvalue weighted by Gasteiger charge is 2.40. The van der Waals surface area contributed by atoms with E-state index in [1.807, 2.05) is 36.4 Å². The first-order chi connectivity index (χ1) is 16.3. The second-order valence-corrected chi connectivity index (χ2v) is 9.29. The van der Waals surface area contributed by atoms with Crippen LogP contribution < -0.4 is 10.6 Å². The molecule has 2 atom stereocenters. The van der Waals surface area contributed by atoms with Crippen molar-refractivity contribution >= 4 is 18.0 Å². The Labute approximate surface area is 198 Å². The van der Waals surface area contributed by atoms with Crippen LogP contribution in [0.4, 0.5) is 4.79 Å². The van der Waals surface area contributed by atoms with E-state index < -0.39 is 36.0 Å². The average Bonchev–Trinajstić information content (AvgIpc) is 3.12. The van der Waals surface area contributed by atoms with Crippen LogP contribution in [-0.2, 0) is 14.3 Å². The third-order valence-electron chi connectivity index (χ3n) is 7.05. The number of aliphatic carboxylic acids is 1. The largest absolute Gasteiger partial charge is 0.479 e. The van der Waals surface area contributed by atoms with Crippen LogP contribution in [-0.4, -0.2) is 53.5 Å². The summed E-state index contributed by atoms with van der Waals surface area (Å²) in [6.07, 6.45) is 2.01. The summed E-state index contributed by atoms with van der Waals surface area (Å²) in [5.74, 6) is -2.43. The van der Waals surface area contributed by atoms with Crippen molar-refractivity contribution in [3.63, 3.8) is 0 Å². The summed E-state index contributed by atoms with van der Waals surface area (Å²) in [7, 11) is 0. The Balaban J connectivity index is 1.37. The van der Waals surface area contributed by atoms with E-state index in [2.05, 4.69) is 22.8 Å². The SMILES string of the molecule is CC(CO)(NC(=O)C(CNC(=O)OCC1c2ccccc2-c2ccccc21)C1CCC1)C(=O)O.